The number of hydrogen-bond acceptors (Lipinski definition) is 3. The van der Waals surface area contributed by atoms with Crippen LogP contribution in [0.1, 0.15) is 23.2 Å². The quantitative estimate of drug-likeness (QED) is 0.829. The Balaban J connectivity index is 2.72. The molecule has 0 atom stereocenters. The summed E-state index contributed by atoms with van der Waals surface area (Å²) in [5.74, 6) is -1.98. The van der Waals surface area contributed by atoms with Gasteiger partial charge in [0.15, 0.2) is 0 Å². The molecule has 0 amide bonds. The number of halogens is 4. The van der Waals surface area contributed by atoms with E-state index >= 15 is 0 Å². The molecular weight excluding hydrogens is 335 g/mol. The molecule has 0 saturated heterocycles. The Hall–Kier alpha value is -1.48. The average Bonchev–Trinajstić information content (AvgIpc) is 2.25. The summed E-state index contributed by atoms with van der Waals surface area (Å²) in [7, 11) is -3.96. The Morgan fingerprint density at radius 2 is 1.95 bits per heavy atom. The van der Waals surface area contributed by atoms with Crippen molar-refractivity contribution in [3.63, 3.8) is 0 Å². The summed E-state index contributed by atoms with van der Waals surface area (Å²) in [5, 5.41) is 8.57. The van der Waals surface area contributed by atoms with Crippen LogP contribution in [-0.4, -0.2) is 31.4 Å². The first kappa shape index (κ1) is 17.6. The van der Waals surface area contributed by atoms with Gasteiger partial charge < -0.3 is 5.11 Å². The summed E-state index contributed by atoms with van der Waals surface area (Å²) < 4.78 is 61.0. The van der Waals surface area contributed by atoms with Crippen LogP contribution >= 0.6 is 11.6 Å². The molecule has 0 aliphatic rings. The second kappa shape index (κ2) is 6.52. The molecule has 5 nitrogen and oxygen atoms in total. The van der Waals surface area contributed by atoms with Crippen LogP contribution in [0.2, 0.25) is 5.02 Å². The zero-order chi connectivity index (χ0) is 16.3. The summed E-state index contributed by atoms with van der Waals surface area (Å²) >= 11 is 5.65. The Morgan fingerprint density at radius 3 is 2.43 bits per heavy atom. The van der Waals surface area contributed by atoms with E-state index in [4.69, 9.17) is 16.7 Å². The van der Waals surface area contributed by atoms with Crippen LogP contribution < -0.4 is 4.72 Å². The van der Waals surface area contributed by atoms with Crippen LogP contribution in [0.5, 0.6) is 0 Å². The van der Waals surface area contributed by atoms with Gasteiger partial charge in [-0.15, -0.1) is 0 Å². The van der Waals surface area contributed by atoms with Crippen molar-refractivity contribution in [3.8, 4) is 0 Å². The number of benzene rings is 1. The number of carbonyl (C=O) groups is 1. The van der Waals surface area contributed by atoms with Gasteiger partial charge in [0.05, 0.1) is 16.3 Å². The lowest BCUT2D eigenvalue weighted by Crippen LogP contribution is -2.19. The summed E-state index contributed by atoms with van der Waals surface area (Å²) in [6.45, 7) is 0. The highest BCUT2D eigenvalue weighted by Crippen LogP contribution is 2.23. The zero-order valence-electron chi connectivity index (χ0n) is 10.4. The number of carboxylic acids is 1. The van der Waals surface area contributed by atoms with Gasteiger partial charge in [0.25, 0.3) is 0 Å². The molecule has 0 saturated carbocycles. The SMILES string of the molecule is O=C(O)c1ccc(NS(=O)(=O)CCCC(F)(F)F)cc1Cl. The Kier molecular flexibility index (Phi) is 5.46. The lowest BCUT2D eigenvalue weighted by Gasteiger charge is -2.10. The largest absolute Gasteiger partial charge is 0.478 e. The highest BCUT2D eigenvalue weighted by molar-refractivity contribution is 7.92. The third kappa shape index (κ3) is 6.21. The number of sulfonamides is 1. The smallest absolute Gasteiger partial charge is 0.389 e. The topological polar surface area (TPSA) is 83.5 Å². The Bertz CT molecular complexity index is 631. The van der Waals surface area contributed by atoms with Gasteiger partial charge in [-0.05, 0) is 24.6 Å². The van der Waals surface area contributed by atoms with Crippen LogP contribution in [0, 0.1) is 0 Å². The highest BCUT2D eigenvalue weighted by Gasteiger charge is 2.27. The van der Waals surface area contributed by atoms with Gasteiger partial charge in [0, 0.05) is 12.1 Å². The van der Waals surface area contributed by atoms with Crippen molar-refractivity contribution in [2.75, 3.05) is 10.5 Å². The van der Waals surface area contributed by atoms with Crippen molar-refractivity contribution in [1.29, 1.82) is 0 Å². The van der Waals surface area contributed by atoms with Crippen molar-refractivity contribution in [2.24, 2.45) is 0 Å². The summed E-state index contributed by atoms with van der Waals surface area (Å²) in [6.07, 6.45) is -6.19. The molecule has 1 aromatic rings. The molecule has 0 spiro atoms. The van der Waals surface area contributed by atoms with Crippen molar-refractivity contribution in [1.82, 2.24) is 0 Å². The summed E-state index contributed by atoms with van der Waals surface area (Å²) in [6, 6.07) is 3.33. The van der Waals surface area contributed by atoms with E-state index in [0.29, 0.717) is 0 Å². The first-order chi connectivity index (χ1) is 9.50. The zero-order valence-corrected chi connectivity index (χ0v) is 12.0. The number of anilines is 1. The lowest BCUT2D eigenvalue weighted by molar-refractivity contribution is -0.134. The van der Waals surface area contributed by atoms with Gasteiger partial charge in [-0.2, -0.15) is 13.2 Å². The van der Waals surface area contributed by atoms with E-state index in [1.807, 2.05) is 4.72 Å². The minimum atomic E-state index is -4.41. The molecule has 118 valence electrons. The van der Waals surface area contributed by atoms with Gasteiger partial charge in [-0.1, -0.05) is 11.6 Å². The Morgan fingerprint density at radius 1 is 1.33 bits per heavy atom. The molecule has 0 fully saturated rings. The Labute approximate surface area is 123 Å². The number of alkyl halides is 3. The van der Waals surface area contributed by atoms with Gasteiger partial charge in [-0.25, -0.2) is 13.2 Å². The predicted octanol–water partition coefficient (Wildman–Crippen LogP) is 3.12. The summed E-state index contributed by atoms with van der Waals surface area (Å²) in [4.78, 5) is 10.7. The molecule has 1 aromatic carbocycles. The monoisotopic (exact) mass is 345 g/mol. The van der Waals surface area contributed by atoms with Crippen molar-refractivity contribution >= 4 is 33.3 Å². The van der Waals surface area contributed by atoms with Gasteiger partial charge >= 0.3 is 12.1 Å². The molecule has 0 bridgehead atoms. The second-order valence-electron chi connectivity index (χ2n) is 4.14. The number of hydrogen-bond donors (Lipinski definition) is 2. The first-order valence-electron chi connectivity index (χ1n) is 5.60. The third-order valence-electron chi connectivity index (χ3n) is 2.35. The molecule has 21 heavy (non-hydrogen) atoms. The van der Waals surface area contributed by atoms with Crippen LogP contribution in [0.25, 0.3) is 0 Å². The maximum absolute atomic E-state index is 11.9. The van der Waals surface area contributed by atoms with E-state index in [9.17, 15) is 26.4 Å². The standard InChI is InChI=1S/C11H11ClF3NO4S/c12-9-6-7(2-3-8(9)10(17)18)16-21(19,20)5-1-4-11(13,14)15/h2-3,6,16H,1,4-5H2,(H,17,18). The first-order valence-corrected chi connectivity index (χ1v) is 7.63. The molecular formula is C11H11ClF3NO4S. The van der Waals surface area contributed by atoms with E-state index in [2.05, 4.69) is 0 Å². The predicted molar refractivity (Wildman–Crippen MR) is 71.1 cm³/mol. The number of rotatable bonds is 6. The molecule has 2 N–H and O–H groups in total. The van der Waals surface area contributed by atoms with Crippen LogP contribution in [-0.2, 0) is 10.0 Å². The molecule has 0 unspecified atom stereocenters. The molecule has 0 aliphatic heterocycles. The molecule has 0 aliphatic carbocycles. The summed E-state index contributed by atoms with van der Waals surface area (Å²) in [5.41, 5.74) is -0.228. The fraction of sp³-hybridized carbons (Fsp3) is 0.364. The normalized spacial score (nSPS) is 12.2. The number of carboxylic acid groups (broad SMARTS) is 1. The molecule has 0 radical (unpaired) electrons. The van der Waals surface area contributed by atoms with Crippen molar-refractivity contribution in [2.45, 2.75) is 19.0 Å². The minimum absolute atomic E-state index is 0.0167. The second-order valence-corrected chi connectivity index (χ2v) is 6.39. The van der Waals surface area contributed by atoms with E-state index < -0.39 is 40.8 Å². The fourth-order valence-corrected chi connectivity index (χ4v) is 2.82. The van der Waals surface area contributed by atoms with E-state index in [1.165, 1.54) is 0 Å². The van der Waals surface area contributed by atoms with Crippen LogP contribution in [0.15, 0.2) is 18.2 Å². The third-order valence-corrected chi connectivity index (χ3v) is 4.03. The maximum Gasteiger partial charge on any atom is 0.389 e. The molecule has 1 rings (SSSR count). The minimum Gasteiger partial charge on any atom is -0.478 e. The molecule has 0 heterocycles. The number of aromatic carboxylic acids is 1. The van der Waals surface area contributed by atoms with Crippen LogP contribution in [0.3, 0.4) is 0 Å². The van der Waals surface area contributed by atoms with Crippen molar-refractivity contribution in [3.05, 3.63) is 28.8 Å². The highest BCUT2D eigenvalue weighted by atomic mass is 35.5. The van der Waals surface area contributed by atoms with E-state index in [0.717, 1.165) is 18.2 Å². The van der Waals surface area contributed by atoms with E-state index in [1.54, 1.807) is 0 Å². The van der Waals surface area contributed by atoms with Gasteiger partial charge in [-0.3, -0.25) is 4.72 Å². The molecule has 10 heteroatoms. The fourth-order valence-electron chi connectivity index (χ4n) is 1.45. The van der Waals surface area contributed by atoms with Crippen molar-refractivity contribution < 1.29 is 31.5 Å². The van der Waals surface area contributed by atoms with Gasteiger partial charge in [0.1, 0.15) is 0 Å². The van der Waals surface area contributed by atoms with E-state index in [-0.39, 0.29) is 16.3 Å². The van der Waals surface area contributed by atoms with Gasteiger partial charge in [0.2, 0.25) is 10.0 Å². The van der Waals surface area contributed by atoms with Crippen LogP contribution in [0.4, 0.5) is 18.9 Å². The number of nitrogens with one attached hydrogen (secondary N) is 1. The average molecular weight is 346 g/mol. The maximum atomic E-state index is 11.9. The molecule has 0 aromatic heterocycles. The lowest BCUT2D eigenvalue weighted by atomic mass is 10.2.